The molecular formula is C7H14O7. The summed E-state index contributed by atoms with van der Waals surface area (Å²) >= 11 is 0. The Labute approximate surface area is 80.1 Å². The lowest BCUT2D eigenvalue weighted by atomic mass is 9.99. The van der Waals surface area contributed by atoms with Gasteiger partial charge in [0.05, 0.1) is 6.61 Å². The molecule has 0 aliphatic carbocycles. The van der Waals surface area contributed by atoms with E-state index in [9.17, 15) is 15.3 Å². The zero-order chi connectivity index (χ0) is 10.7. The van der Waals surface area contributed by atoms with Crippen molar-refractivity contribution in [3.8, 4) is 0 Å². The highest BCUT2D eigenvalue weighted by molar-refractivity contribution is 4.85. The first-order valence-electron chi connectivity index (χ1n) is 4.19. The summed E-state index contributed by atoms with van der Waals surface area (Å²) in [5, 5.41) is 45.3. The van der Waals surface area contributed by atoms with E-state index >= 15 is 0 Å². The summed E-state index contributed by atoms with van der Waals surface area (Å²) in [6.07, 6.45) is -6.80. The van der Waals surface area contributed by atoms with Crippen LogP contribution in [0.2, 0.25) is 0 Å². The molecule has 5 N–H and O–H groups in total. The Morgan fingerprint density at radius 3 is 2.07 bits per heavy atom. The van der Waals surface area contributed by atoms with E-state index in [1.54, 1.807) is 0 Å². The molecule has 1 saturated heterocycles. The van der Waals surface area contributed by atoms with Gasteiger partial charge in [-0.2, -0.15) is 0 Å². The molecule has 5 atom stereocenters. The van der Waals surface area contributed by atoms with E-state index in [0.717, 1.165) is 0 Å². The fourth-order valence-electron chi connectivity index (χ4n) is 1.06. The van der Waals surface area contributed by atoms with Gasteiger partial charge in [0.15, 0.2) is 0 Å². The molecule has 14 heavy (non-hydrogen) atoms. The van der Waals surface area contributed by atoms with Gasteiger partial charge in [0.2, 0.25) is 0 Å². The van der Waals surface area contributed by atoms with Crippen molar-refractivity contribution in [3.05, 3.63) is 0 Å². The van der Waals surface area contributed by atoms with E-state index in [0.29, 0.717) is 0 Å². The van der Waals surface area contributed by atoms with Gasteiger partial charge in [-0.25, -0.2) is 9.78 Å². The van der Waals surface area contributed by atoms with Gasteiger partial charge in [0.1, 0.15) is 37.1 Å². The van der Waals surface area contributed by atoms with E-state index in [4.69, 9.17) is 10.2 Å². The highest BCUT2D eigenvalue weighted by atomic mass is 17.2. The van der Waals surface area contributed by atoms with Crippen molar-refractivity contribution < 1.29 is 35.3 Å². The van der Waals surface area contributed by atoms with Crippen LogP contribution in [-0.2, 0) is 9.78 Å². The maximum absolute atomic E-state index is 9.34. The third-order valence-corrected chi connectivity index (χ3v) is 2.09. The quantitative estimate of drug-likeness (QED) is 0.302. The summed E-state index contributed by atoms with van der Waals surface area (Å²) in [5.74, 6) is 0. The maximum Gasteiger partial charge on any atom is 0.148 e. The number of rotatable bonds is 5. The minimum Gasteiger partial charge on any atom is -0.394 e. The lowest BCUT2D eigenvalue weighted by Crippen LogP contribution is -2.54. The summed E-state index contributed by atoms with van der Waals surface area (Å²) in [5.41, 5.74) is 0. The van der Waals surface area contributed by atoms with Crippen LogP contribution >= 0.6 is 0 Å². The van der Waals surface area contributed by atoms with Crippen molar-refractivity contribution in [2.45, 2.75) is 30.5 Å². The molecule has 1 unspecified atom stereocenters. The van der Waals surface area contributed by atoms with Crippen molar-refractivity contribution in [2.24, 2.45) is 0 Å². The Bertz CT molecular complexity index is 161. The zero-order valence-corrected chi connectivity index (χ0v) is 7.35. The predicted molar refractivity (Wildman–Crippen MR) is 41.9 cm³/mol. The molecule has 0 saturated carbocycles. The van der Waals surface area contributed by atoms with Gasteiger partial charge in [-0.1, -0.05) is 0 Å². The van der Waals surface area contributed by atoms with Crippen molar-refractivity contribution in [3.63, 3.8) is 0 Å². The first-order valence-corrected chi connectivity index (χ1v) is 4.19. The smallest absolute Gasteiger partial charge is 0.148 e. The van der Waals surface area contributed by atoms with Gasteiger partial charge >= 0.3 is 0 Å². The Morgan fingerprint density at radius 2 is 1.71 bits per heavy atom. The first kappa shape index (κ1) is 11.8. The van der Waals surface area contributed by atoms with E-state index in [1.807, 2.05) is 0 Å². The molecule has 84 valence electrons. The first-order chi connectivity index (χ1) is 6.57. The van der Waals surface area contributed by atoms with Gasteiger partial charge in [-0.3, -0.25) is 0 Å². The van der Waals surface area contributed by atoms with Gasteiger partial charge in [-0.15, -0.1) is 0 Å². The maximum atomic E-state index is 9.34. The topological polar surface area (TPSA) is 120 Å². The summed E-state index contributed by atoms with van der Waals surface area (Å²) in [4.78, 5) is 8.72. The lowest BCUT2D eigenvalue weighted by molar-refractivity contribution is -0.443. The van der Waals surface area contributed by atoms with Gasteiger partial charge in [0, 0.05) is 0 Å². The highest BCUT2D eigenvalue weighted by Crippen LogP contribution is 2.16. The summed E-state index contributed by atoms with van der Waals surface area (Å²) in [6.45, 7) is -0.590. The van der Waals surface area contributed by atoms with Crippen molar-refractivity contribution in [2.75, 3.05) is 13.2 Å². The van der Waals surface area contributed by atoms with Crippen LogP contribution < -0.4 is 0 Å². The Hall–Kier alpha value is -0.280. The van der Waals surface area contributed by atoms with Crippen LogP contribution in [0.1, 0.15) is 0 Å². The molecule has 1 rings (SSSR count). The van der Waals surface area contributed by atoms with E-state index in [1.165, 1.54) is 0 Å². The van der Waals surface area contributed by atoms with Crippen LogP contribution in [0, 0.1) is 0 Å². The molecule has 1 aliphatic rings. The predicted octanol–water partition coefficient (Wildman–Crippen LogP) is -3.25. The van der Waals surface area contributed by atoms with Crippen LogP contribution in [-0.4, -0.2) is 69.3 Å². The number of aliphatic hydroxyl groups excluding tert-OH is 5. The van der Waals surface area contributed by atoms with Crippen LogP contribution in [0.4, 0.5) is 0 Å². The third-order valence-electron chi connectivity index (χ3n) is 2.09. The second-order valence-corrected chi connectivity index (χ2v) is 3.14. The van der Waals surface area contributed by atoms with E-state index in [-0.39, 0.29) is 6.61 Å². The fourth-order valence-corrected chi connectivity index (χ4v) is 1.06. The standard InChI is InChI=1S/C7H14O7/c8-1-3(9)5(10)7(12)6(11)4-2-13-14-4/h3-12H,1-2H2/t3-,4?,5-,6-,7+/m1/s1. The average Bonchev–Trinajstić information content (AvgIpc) is 2.11. The number of hydrogen-bond acceptors (Lipinski definition) is 7. The largest absolute Gasteiger partial charge is 0.394 e. The molecular weight excluding hydrogens is 196 g/mol. The SMILES string of the molecule is OC[C@@H](O)[C@@H](O)[C@H](O)[C@H](O)C1COO1. The molecule has 0 spiro atoms. The molecule has 1 heterocycles. The van der Waals surface area contributed by atoms with Crippen molar-refractivity contribution in [1.29, 1.82) is 0 Å². The highest BCUT2D eigenvalue weighted by Gasteiger charge is 2.39. The molecule has 0 amide bonds. The molecule has 0 radical (unpaired) electrons. The van der Waals surface area contributed by atoms with Gasteiger partial charge in [0.25, 0.3) is 0 Å². The molecule has 1 fully saturated rings. The second kappa shape index (κ2) is 4.99. The molecule has 7 nitrogen and oxygen atoms in total. The normalized spacial score (nSPS) is 30.2. The molecule has 1 aliphatic heterocycles. The number of aliphatic hydroxyl groups is 5. The monoisotopic (exact) mass is 210 g/mol. The lowest BCUT2D eigenvalue weighted by Gasteiger charge is -2.33. The Kier molecular flexibility index (Phi) is 4.20. The van der Waals surface area contributed by atoms with Gasteiger partial charge < -0.3 is 25.5 Å². The fraction of sp³-hybridized carbons (Fsp3) is 1.00. The third kappa shape index (κ3) is 2.39. The Morgan fingerprint density at radius 1 is 1.14 bits per heavy atom. The zero-order valence-electron chi connectivity index (χ0n) is 7.35. The molecule has 0 bridgehead atoms. The summed E-state index contributed by atoms with van der Waals surface area (Å²) < 4.78 is 0. The Balaban J connectivity index is 2.41. The van der Waals surface area contributed by atoms with E-state index in [2.05, 4.69) is 9.78 Å². The minimum atomic E-state index is -1.63. The molecule has 0 aromatic carbocycles. The number of hydrogen-bond donors (Lipinski definition) is 5. The second-order valence-electron chi connectivity index (χ2n) is 3.14. The molecule has 0 aromatic rings. The van der Waals surface area contributed by atoms with E-state index < -0.39 is 37.1 Å². The van der Waals surface area contributed by atoms with Crippen LogP contribution in [0.15, 0.2) is 0 Å². The van der Waals surface area contributed by atoms with Crippen molar-refractivity contribution >= 4 is 0 Å². The van der Waals surface area contributed by atoms with Crippen molar-refractivity contribution in [1.82, 2.24) is 0 Å². The van der Waals surface area contributed by atoms with Gasteiger partial charge in [-0.05, 0) is 0 Å². The summed E-state index contributed by atoms with van der Waals surface area (Å²) in [7, 11) is 0. The molecule has 0 aromatic heterocycles. The summed E-state index contributed by atoms with van der Waals surface area (Å²) in [6, 6.07) is 0. The molecule has 7 heteroatoms. The average molecular weight is 210 g/mol. The van der Waals surface area contributed by atoms with Crippen LogP contribution in [0.5, 0.6) is 0 Å². The minimum absolute atomic E-state index is 0.111. The van der Waals surface area contributed by atoms with Crippen LogP contribution in [0.25, 0.3) is 0 Å². The van der Waals surface area contributed by atoms with Crippen LogP contribution in [0.3, 0.4) is 0 Å².